The van der Waals surface area contributed by atoms with Crippen molar-refractivity contribution < 1.29 is 14.3 Å². The standard InChI is InChI=1S/C21H23N3O3S/c1-15-5-2-3-6-16(15)14-19(25)23-21(28)22-18-8-4-7-17(13-18)20(26)24-9-11-27-12-10-24/h2-8,13H,9-12,14H2,1H3,(H2,22,23,25,28). The minimum absolute atomic E-state index is 0.0403. The van der Waals surface area contributed by atoms with E-state index in [1.807, 2.05) is 31.2 Å². The number of rotatable bonds is 4. The van der Waals surface area contributed by atoms with Crippen molar-refractivity contribution in [1.82, 2.24) is 10.2 Å². The van der Waals surface area contributed by atoms with Crippen LogP contribution >= 0.6 is 12.2 Å². The van der Waals surface area contributed by atoms with Crippen LogP contribution in [0.4, 0.5) is 5.69 Å². The molecule has 1 aliphatic rings. The van der Waals surface area contributed by atoms with Gasteiger partial charge in [-0.1, -0.05) is 30.3 Å². The lowest BCUT2D eigenvalue weighted by Gasteiger charge is -2.27. The van der Waals surface area contributed by atoms with Gasteiger partial charge in [0.05, 0.1) is 19.6 Å². The Labute approximate surface area is 169 Å². The molecule has 2 aromatic carbocycles. The number of ether oxygens (including phenoxy) is 1. The quantitative estimate of drug-likeness (QED) is 0.776. The fraction of sp³-hybridized carbons (Fsp3) is 0.286. The summed E-state index contributed by atoms with van der Waals surface area (Å²) in [5.74, 6) is -0.228. The van der Waals surface area contributed by atoms with Gasteiger partial charge in [0.1, 0.15) is 0 Å². The lowest BCUT2D eigenvalue weighted by Crippen LogP contribution is -2.40. The summed E-state index contributed by atoms with van der Waals surface area (Å²) >= 11 is 5.24. The molecule has 0 unspecified atom stereocenters. The Kier molecular flexibility index (Phi) is 6.73. The van der Waals surface area contributed by atoms with Crippen LogP contribution in [-0.4, -0.2) is 48.1 Å². The van der Waals surface area contributed by atoms with Crippen molar-refractivity contribution in [2.75, 3.05) is 31.6 Å². The normalized spacial score (nSPS) is 13.7. The van der Waals surface area contributed by atoms with Gasteiger partial charge in [-0.2, -0.15) is 0 Å². The van der Waals surface area contributed by atoms with E-state index in [0.29, 0.717) is 37.6 Å². The SMILES string of the molecule is Cc1ccccc1CC(=O)NC(=S)Nc1cccc(C(=O)N2CCOCC2)c1. The number of carbonyl (C=O) groups is 2. The van der Waals surface area contributed by atoms with Crippen molar-refractivity contribution in [2.45, 2.75) is 13.3 Å². The van der Waals surface area contributed by atoms with Gasteiger partial charge in [0.15, 0.2) is 5.11 Å². The molecule has 0 bridgehead atoms. The van der Waals surface area contributed by atoms with Crippen molar-refractivity contribution in [1.29, 1.82) is 0 Å². The van der Waals surface area contributed by atoms with Crippen LogP contribution in [0.5, 0.6) is 0 Å². The summed E-state index contributed by atoms with van der Waals surface area (Å²) in [5, 5.41) is 5.86. The van der Waals surface area contributed by atoms with E-state index in [4.69, 9.17) is 17.0 Å². The molecule has 0 aliphatic carbocycles. The van der Waals surface area contributed by atoms with Crippen molar-refractivity contribution in [3.8, 4) is 0 Å². The smallest absolute Gasteiger partial charge is 0.254 e. The Morgan fingerprint density at radius 2 is 1.86 bits per heavy atom. The number of aryl methyl sites for hydroxylation is 1. The summed E-state index contributed by atoms with van der Waals surface area (Å²) in [6, 6.07) is 14.8. The third-order valence-electron chi connectivity index (χ3n) is 4.53. The van der Waals surface area contributed by atoms with Crippen molar-refractivity contribution in [3.05, 3.63) is 65.2 Å². The van der Waals surface area contributed by atoms with Crippen molar-refractivity contribution >= 4 is 34.8 Å². The van der Waals surface area contributed by atoms with E-state index < -0.39 is 0 Å². The number of anilines is 1. The Bertz CT molecular complexity index is 879. The van der Waals surface area contributed by atoms with Crippen LogP contribution in [0, 0.1) is 6.92 Å². The second-order valence-electron chi connectivity index (χ2n) is 6.59. The maximum Gasteiger partial charge on any atom is 0.254 e. The molecule has 1 fully saturated rings. The van der Waals surface area contributed by atoms with Crippen LogP contribution < -0.4 is 10.6 Å². The van der Waals surface area contributed by atoms with Crippen LogP contribution in [0.3, 0.4) is 0 Å². The van der Waals surface area contributed by atoms with E-state index in [-0.39, 0.29) is 23.3 Å². The number of benzene rings is 2. The Hall–Kier alpha value is -2.77. The van der Waals surface area contributed by atoms with Crippen LogP contribution in [0.25, 0.3) is 0 Å². The summed E-state index contributed by atoms with van der Waals surface area (Å²) in [7, 11) is 0. The number of morpholine rings is 1. The van der Waals surface area contributed by atoms with Crippen LogP contribution in [0.1, 0.15) is 21.5 Å². The zero-order valence-electron chi connectivity index (χ0n) is 15.7. The number of nitrogens with zero attached hydrogens (tertiary/aromatic N) is 1. The second-order valence-corrected chi connectivity index (χ2v) is 7.00. The molecule has 0 radical (unpaired) electrons. The van der Waals surface area contributed by atoms with Gasteiger partial charge in [-0.15, -0.1) is 0 Å². The molecule has 0 spiro atoms. The third-order valence-corrected chi connectivity index (χ3v) is 4.74. The predicted octanol–water partition coefficient (Wildman–Crippen LogP) is 2.52. The van der Waals surface area contributed by atoms with Gasteiger partial charge < -0.3 is 20.3 Å². The number of nitrogens with one attached hydrogen (secondary N) is 2. The molecule has 1 saturated heterocycles. The molecule has 0 aromatic heterocycles. The van der Waals surface area contributed by atoms with Crippen LogP contribution in [0.15, 0.2) is 48.5 Å². The highest BCUT2D eigenvalue weighted by Gasteiger charge is 2.18. The Morgan fingerprint density at radius 1 is 1.11 bits per heavy atom. The highest BCUT2D eigenvalue weighted by Crippen LogP contribution is 2.14. The molecule has 1 heterocycles. The third kappa shape index (κ3) is 5.37. The molecule has 2 aromatic rings. The molecule has 7 heteroatoms. The average molecular weight is 398 g/mol. The molecule has 28 heavy (non-hydrogen) atoms. The summed E-state index contributed by atoms with van der Waals surface area (Å²) in [5.41, 5.74) is 3.24. The first-order chi connectivity index (χ1) is 13.5. The molecule has 6 nitrogen and oxygen atoms in total. The first-order valence-electron chi connectivity index (χ1n) is 9.15. The monoisotopic (exact) mass is 397 g/mol. The maximum atomic E-state index is 12.6. The lowest BCUT2D eigenvalue weighted by atomic mass is 10.1. The van der Waals surface area contributed by atoms with Gasteiger partial charge in [-0.25, -0.2) is 0 Å². The minimum Gasteiger partial charge on any atom is -0.378 e. The van der Waals surface area contributed by atoms with E-state index in [1.165, 1.54) is 0 Å². The summed E-state index contributed by atoms with van der Waals surface area (Å²) in [4.78, 5) is 26.6. The number of hydrogen-bond acceptors (Lipinski definition) is 4. The summed E-state index contributed by atoms with van der Waals surface area (Å²) in [6.07, 6.45) is 0.254. The molecular weight excluding hydrogens is 374 g/mol. The number of amides is 2. The van der Waals surface area contributed by atoms with Crippen molar-refractivity contribution in [3.63, 3.8) is 0 Å². The largest absolute Gasteiger partial charge is 0.378 e. The van der Waals surface area contributed by atoms with Gasteiger partial charge in [0.2, 0.25) is 5.91 Å². The molecule has 3 rings (SSSR count). The summed E-state index contributed by atoms with van der Waals surface area (Å²) < 4.78 is 5.29. The van der Waals surface area contributed by atoms with E-state index in [0.717, 1.165) is 11.1 Å². The Balaban J connectivity index is 1.57. The molecular formula is C21H23N3O3S. The van der Waals surface area contributed by atoms with E-state index >= 15 is 0 Å². The van der Waals surface area contributed by atoms with Gasteiger partial charge in [-0.05, 0) is 48.5 Å². The van der Waals surface area contributed by atoms with Crippen LogP contribution in [0.2, 0.25) is 0 Å². The van der Waals surface area contributed by atoms with Gasteiger partial charge in [-0.3, -0.25) is 9.59 Å². The van der Waals surface area contributed by atoms with Gasteiger partial charge in [0, 0.05) is 24.3 Å². The van der Waals surface area contributed by atoms with Gasteiger partial charge >= 0.3 is 0 Å². The number of carbonyl (C=O) groups excluding carboxylic acids is 2. The highest BCUT2D eigenvalue weighted by atomic mass is 32.1. The minimum atomic E-state index is -0.188. The zero-order chi connectivity index (χ0) is 19.9. The first kappa shape index (κ1) is 20.0. The van der Waals surface area contributed by atoms with E-state index in [2.05, 4.69) is 10.6 Å². The molecule has 0 saturated carbocycles. The maximum absolute atomic E-state index is 12.6. The Morgan fingerprint density at radius 3 is 2.61 bits per heavy atom. The zero-order valence-corrected chi connectivity index (χ0v) is 16.6. The van der Waals surface area contributed by atoms with Crippen LogP contribution in [-0.2, 0) is 16.0 Å². The van der Waals surface area contributed by atoms with Crippen molar-refractivity contribution in [2.24, 2.45) is 0 Å². The predicted molar refractivity (Wildman–Crippen MR) is 112 cm³/mol. The second kappa shape index (κ2) is 9.43. The molecule has 2 amide bonds. The highest BCUT2D eigenvalue weighted by molar-refractivity contribution is 7.80. The fourth-order valence-electron chi connectivity index (χ4n) is 2.99. The molecule has 146 valence electrons. The molecule has 2 N–H and O–H groups in total. The molecule has 1 aliphatic heterocycles. The first-order valence-corrected chi connectivity index (χ1v) is 9.56. The average Bonchev–Trinajstić information content (AvgIpc) is 2.70. The topological polar surface area (TPSA) is 70.7 Å². The molecule has 0 atom stereocenters. The fourth-order valence-corrected chi connectivity index (χ4v) is 3.23. The number of thiocarbonyl (C=S) groups is 1. The number of hydrogen-bond donors (Lipinski definition) is 2. The lowest BCUT2D eigenvalue weighted by molar-refractivity contribution is -0.119. The van der Waals surface area contributed by atoms with E-state index in [1.54, 1.807) is 29.2 Å². The summed E-state index contributed by atoms with van der Waals surface area (Å²) in [6.45, 7) is 4.26. The van der Waals surface area contributed by atoms with E-state index in [9.17, 15) is 9.59 Å². The van der Waals surface area contributed by atoms with Gasteiger partial charge in [0.25, 0.3) is 5.91 Å².